The van der Waals surface area contributed by atoms with Crippen LogP contribution in [0.5, 0.6) is 5.75 Å². The molecule has 1 atom stereocenters. The van der Waals surface area contributed by atoms with Crippen molar-refractivity contribution in [3.63, 3.8) is 0 Å². The lowest BCUT2D eigenvalue weighted by Gasteiger charge is -2.35. The molecule has 1 aliphatic rings. The first-order valence-corrected chi connectivity index (χ1v) is 8.22. The first-order valence-electron chi connectivity index (χ1n) is 8.22. The lowest BCUT2D eigenvalue weighted by molar-refractivity contribution is -0.155. The van der Waals surface area contributed by atoms with E-state index in [0.717, 1.165) is 32.2 Å². The maximum absolute atomic E-state index is 12.2. The van der Waals surface area contributed by atoms with E-state index in [0.29, 0.717) is 11.3 Å². The molecule has 24 heavy (non-hydrogen) atoms. The number of nitriles is 1. The fourth-order valence-corrected chi connectivity index (χ4v) is 2.84. The molecule has 6 nitrogen and oxygen atoms in total. The zero-order valence-electron chi connectivity index (χ0n) is 13.9. The largest absolute Gasteiger partial charge is 0.481 e. The second-order valence-corrected chi connectivity index (χ2v) is 5.70. The molecule has 0 saturated carbocycles. The average molecular weight is 330 g/mol. The number of benzene rings is 1. The van der Waals surface area contributed by atoms with E-state index < -0.39 is 5.97 Å². The summed E-state index contributed by atoms with van der Waals surface area (Å²) in [6.45, 7) is 2.19. The number of ether oxygens (including phenoxy) is 2. The Morgan fingerprint density at radius 1 is 1.29 bits per heavy atom. The number of esters is 1. The van der Waals surface area contributed by atoms with Gasteiger partial charge in [-0.05, 0) is 37.8 Å². The van der Waals surface area contributed by atoms with Gasteiger partial charge in [-0.25, -0.2) is 4.79 Å². The Hall–Kier alpha value is -2.55. The SMILES string of the molecule is CC[C@@H]1CCCCN1C(=O)COC(=O)COc1ccccc1C#N. The van der Waals surface area contributed by atoms with E-state index in [1.54, 1.807) is 24.3 Å². The van der Waals surface area contributed by atoms with Crippen molar-refractivity contribution in [2.24, 2.45) is 0 Å². The Morgan fingerprint density at radius 3 is 2.83 bits per heavy atom. The number of carbonyl (C=O) groups excluding carboxylic acids is 2. The molecular weight excluding hydrogens is 308 g/mol. The van der Waals surface area contributed by atoms with Crippen LogP contribution in [0.25, 0.3) is 0 Å². The highest BCUT2D eigenvalue weighted by atomic mass is 16.6. The number of amides is 1. The van der Waals surface area contributed by atoms with Gasteiger partial charge in [-0.3, -0.25) is 4.79 Å². The molecule has 1 aliphatic heterocycles. The van der Waals surface area contributed by atoms with Crippen LogP contribution in [-0.2, 0) is 14.3 Å². The Kier molecular flexibility index (Phi) is 6.62. The summed E-state index contributed by atoms with van der Waals surface area (Å²) in [6, 6.07) is 8.86. The van der Waals surface area contributed by atoms with Crippen LogP contribution in [0.1, 0.15) is 38.2 Å². The normalized spacial score (nSPS) is 17.0. The van der Waals surface area contributed by atoms with Crippen LogP contribution < -0.4 is 4.74 Å². The minimum Gasteiger partial charge on any atom is -0.481 e. The lowest BCUT2D eigenvalue weighted by atomic mass is 10.00. The van der Waals surface area contributed by atoms with Crippen molar-refractivity contribution in [2.75, 3.05) is 19.8 Å². The van der Waals surface area contributed by atoms with Crippen molar-refractivity contribution in [3.05, 3.63) is 29.8 Å². The standard InChI is InChI=1S/C18H22N2O4/c1-2-15-8-5-6-10-20(15)17(21)12-24-18(22)13-23-16-9-4-3-7-14(16)11-19/h3-4,7,9,15H,2,5-6,8,10,12-13H2,1H3/t15-/m1/s1. The number of para-hydroxylation sites is 1. The smallest absolute Gasteiger partial charge is 0.344 e. The van der Waals surface area contributed by atoms with Crippen LogP contribution in [0.3, 0.4) is 0 Å². The number of carbonyl (C=O) groups is 2. The minimum atomic E-state index is -0.624. The molecule has 128 valence electrons. The van der Waals surface area contributed by atoms with Crippen molar-refractivity contribution >= 4 is 11.9 Å². The van der Waals surface area contributed by atoms with Crippen molar-refractivity contribution in [3.8, 4) is 11.8 Å². The third-order valence-corrected chi connectivity index (χ3v) is 4.13. The monoisotopic (exact) mass is 330 g/mol. The summed E-state index contributed by atoms with van der Waals surface area (Å²) < 4.78 is 10.3. The predicted octanol–water partition coefficient (Wildman–Crippen LogP) is 2.27. The molecular formula is C18H22N2O4. The zero-order chi connectivity index (χ0) is 17.4. The van der Waals surface area contributed by atoms with Gasteiger partial charge in [-0.1, -0.05) is 19.1 Å². The van der Waals surface area contributed by atoms with Gasteiger partial charge in [0.05, 0.1) is 5.56 Å². The molecule has 0 spiro atoms. The molecule has 0 unspecified atom stereocenters. The van der Waals surface area contributed by atoms with E-state index >= 15 is 0 Å². The summed E-state index contributed by atoms with van der Waals surface area (Å²) in [7, 11) is 0. The maximum Gasteiger partial charge on any atom is 0.344 e. The molecule has 0 aliphatic carbocycles. The van der Waals surface area contributed by atoms with Crippen molar-refractivity contribution < 1.29 is 19.1 Å². The van der Waals surface area contributed by atoms with Gasteiger partial charge in [0.15, 0.2) is 13.2 Å². The van der Waals surface area contributed by atoms with Gasteiger partial charge in [0.1, 0.15) is 11.8 Å². The van der Waals surface area contributed by atoms with E-state index in [9.17, 15) is 9.59 Å². The van der Waals surface area contributed by atoms with Gasteiger partial charge in [0.25, 0.3) is 5.91 Å². The van der Waals surface area contributed by atoms with Crippen LogP contribution in [0, 0.1) is 11.3 Å². The molecule has 0 bridgehead atoms. The fraction of sp³-hybridized carbons (Fsp3) is 0.500. The van der Waals surface area contributed by atoms with Gasteiger partial charge in [-0.2, -0.15) is 5.26 Å². The van der Waals surface area contributed by atoms with Gasteiger partial charge in [0.2, 0.25) is 0 Å². The molecule has 0 radical (unpaired) electrons. The quantitative estimate of drug-likeness (QED) is 0.748. The highest BCUT2D eigenvalue weighted by Crippen LogP contribution is 2.19. The summed E-state index contributed by atoms with van der Waals surface area (Å²) in [5.74, 6) is -0.459. The number of likely N-dealkylation sites (tertiary alicyclic amines) is 1. The fourth-order valence-electron chi connectivity index (χ4n) is 2.84. The third kappa shape index (κ3) is 4.72. The third-order valence-electron chi connectivity index (χ3n) is 4.13. The topological polar surface area (TPSA) is 79.6 Å². The van der Waals surface area contributed by atoms with Gasteiger partial charge in [0, 0.05) is 12.6 Å². The van der Waals surface area contributed by atoms with Crippen molar-refractivity contribution in [2.45, 2.75) is 38.6 Å². The second kappa shape index (κ2) is 8.92. The Labute approximate surface area is 142 Å². The molecule has 6 heteroatoms. The maximum atomic E-state index is 12.2. The summed E-state index contributed by atoms with van der Waals surface area (Å²) >= 11 is 0. The number of nitrogens with zero attached hydrogens (tertiary/aromatic N) is 2. The molecule has 1 aromatic carbocycles. The van der Waals surface area contributed by atoms with E-state index in [1.807, 2.05) is 11.0 Å². The van der Waals surface area contributed by atoms with Crippen LogP contribution in [0.4, 0.5) is 0 Å². The van der Waals surface area contributed by atoms with Gasteiger partial charge < -0.3 is 14.4 Å². The van der Waals surface area contributed by atoms with E-state index in [1.165, 1.54) is 0 Å². The van der Waals surface area contributed by atoms with Crippen LogP contribution in [0.2, 0.25) is 0 Å². The van der Waals surface area contributed by atoms with Crippen LogP contribution in [0.15, 0.2) is 24.3 Å². The molecule has 0 aromatic heterocycles. The molecule has 1 fully saturated rings. The number of hydrogen-bond acceptors (Lipinski definition) is 5. The van der Waals surface area contributed by atoms with E-state index in [2.05, 4.69) is 6.92 Å². The van der Waals surface area contributed by atoms with Crippen molar-refractivity contribution in [1.82, 2.24) is 4.90 Å². The molecule has 1 heterocycles. The first kappa shape index (κ1) is 17.8. The van der Waals surface area contributed by atoms with E-state index in [4.69, 9.17) is 14.7 Å². The molecule has 0 N–H and O–H groups in total. The summed E-state index contributed by atoms with van der Waals surface area (Å²) in [4.78, 5) is 25.8. The summed E-state index contributed by atoms with van der Waals surface area (Å²) in [5.41, 5.74) is 0.348. The Morgan fingerprint density at radius 2 is 2.08 bits per heavy atom. The first-order chi connectivity index (χ1) is 11.7. The summed E-state index contributed by atoms with van der Waals surface area (Å²) in [6.07, 6.45) is 4.04. The summed E-state index contributed by atoms with van der Waals surface area (Å²) in [5, 5.41) is 8.96. The average Bonchev–Trinajstić information content (AvgIpc) is 2.64. The minimum absolute atomic E-state index is 0.160. The highest BCUT2D eigenvalue weighted by Gasteiger charge is 2.25. The lowest BCUT2D eigenvalue weighted by Crippen LogP contribution is -2.45. The highest BCUT2D eigenvalue weighted by molar-refractivity contribution is 5.81. The van der Waals surface area contributed by atoms with Gasteiger partial charge in [-0.15, -0.1) is 0 Å². The molecule has 1 aromatic rings. The second-order valence-electron chi connectivity index (χ2n) is 5.70. The Bertz CT molecular complexity index is 624. The van der Waals surface area contributed by atoms with Gasteiger partial charge >= 0.3 is 5.97 Å². The molecule has 1 saturated heterocycles. The van der Waals surface area contributed by atoms with Crippen LogP contribution >= 0.6 is 0 Å². The van der Waals surface area contributed by atoms with Crippen molar-refractivity contribution in [1.29, 1.82) is 5.26 Å². The van der Waals surface area contributed by atoms with E-state index in [-0.39, 0.29) is 25.2 Å². The Balaban J connectivity index is 1.78. The number of rotatable bonds is 6. The predicted molar refractivity (Wildman–Crippen MR) is 87.3 cm³/mol. The zero-order valence-corrected chi connectivity index (χ0v) is 13.9. The molecule has 2 rings (SSSR count). The number of piperidine rings is 1. The van der Waals surface area contributed by atoms with Crippen LogP contribution in [-0.4, -0.2) is 42.6 Å². The number of hydrogen-bond donors (Lipinski definition) is 0. The molecule has 1 amide bonds.